The molecule has 96 valence electrons. The largest absolute Gasteiger partial charge is 0.309 e. The third kappa shape index (κ3) is 2.86. The molecule has 0 aliphatic carbocycles. The summed E-state index contributed by atoms with van der Waals surface area (Å²) in [6, 6.07) is 1.72. The van der Waals surface area contributed by atoms with Crippen molar-refractivity contribution in [3.8, 4) is 0 Å². The molecule has 1 amide bonds. The topological polar surface area (TPSA) is 68.9 Å². The molecule has 0 unspecified atom stereocenters. The summed E-state index contributed by atoms with van der Waals surface area (Å²) >= 11 is 1.15. The zero-order chi connectivity index (χ0) is 13.1. The van der Waals surface area contributed by atoms with Gasteiger partial charge in [-0.3, -0.25) is 14.3 Å². The van der Waals surface area contributed by atoms with Crippen LogP contribution in [0.25, 0.3) is 0 Å². The van der Waals surface area contributed by atoms with E-state index in [1.165, 1.54) is 0 Å². The number of hydrogen-bond acceptors (Lipinski definition) is 4. The minimum Gasteiger partial charge on any atom is -0.309 e. The fourth-order valence-electron chi connectivity index (χ4n) is 1.57. The highest BCUT2D eigenvalue weighted by molar-refractivity contribution is 7.07. The van der Waals surface area contributed by atoms with Crippen molar-refractivity contribution >= 4 is 23.1 Å². The Bertz CT molecular complexity index is 611. The highest BCUT2D eigenvalue weighted by atomic mass is 32.1. The molecule has 0 aromatic carbocycles. The fraction of sp³-hybridized carbons (Fsp3) is 0.364. The molecule has 0 spiro atoms. The number of aryl methyl sites for hydroxylation is 2. The number of hydrogen-bond donors (Lipinski definition) is 1. The molecule has 0 atom stereocenters. The Morgan fingerprint density at radius 1 is 1.56 bits per heavy atom. The standard InChI is InChI=1S/C11H14N4O2S/c1-8-7-18-11(17)15(8)6-4-10(16)12-9-3-5-14(2)13-9/h3,5,7H,4,6H2,1-2H3,(H,12,13,16). The van der Waals surface area contributed by atoms with Crippen molar-refractivity contribution in [3.05, 3.63) is 33.0 Å². The molecule has 2 heterocycles. The summed E-state index contributed by atoms with van der Waals surface area (Å²) < 4.78 is 3.21. The van der Waals surface area contributed by atoms with Gasteiger partial charge in [-0.15, -0.1) is 0 Å². The lowest BCUT2D eigenvalue weighted by Crippen LogP contribution is -2.20. The van der Waals surface area contributed by atoms with Crippen LogP contribution < -0.4 is 10.2 Å². The Kier molecular flexibility index (Phi) is 3.61. The second-order valence-corrected chi connectivity index (χ2v) is 4.79. The van der Waals surface area contributed by atoms with Crippen LogP contribution in [0.2, 0.25) is 0 Å². The number of nitrogens with zero attached hydrogens (tertiary/aromatic N) is 3. The van der Waals surface area contributed by atoms with Gasteiger partial charge < -0.3 is 9.88 Å². The van der Waals surface area contributed by atoms with Crippen molar-refractivity contribution in [2.45, 2.75) is 19.9 Å². The number of anilines is 1. The SMILES string of the molecule is Cc1csc(=O)n1CCC(=O)Nc1ccn(C)n1. The third-order valence-corrected chi connectivity index (χ3v) is 3.40. The molecule has 2 rings (SSSR count). The van der Waals surface area contributed by atoms with Gasteiger partial charge in [0.05, 0.1) is 0 Å². The number of carbonyl (C=O) groups is 1. The van der Waals surface area contributed by atoms with Crippen molar-refractivity contribution < 1.29 is 4.79 Å². The fourth-order valence-corrected chi connectivity index (χ4v) is 2.34. The number of nitrogens with one attached hydrogen (secondary N) is 1. The Morgan fingerprint density at radius 3 is 2.89 bits per heavy atom. The molecule has 0 aliphatic rings. The van der Waals surface area contributed by atoms with Gasteiger partial charge in [0.15, 0.2) is 5.82 Å². The average molecular weight is 266 g/mol. The van der Waals surface area contributed by atoms with Gasteiger partial charge in [-0.1, -0.05) is 11.3 Å². The summed E-state index contributed by atoms with van der Waals surface area (Å²) in [6.45, 7) is 2.25. The monoisotopic (exact) mass is 266 g/mol. The van der Waals surface area contributed by atoms with Gasteiger partial charge in [0, 0.05) is 43.4 Å². The van der Waals surface area contributed by atoms with E-state index in [0.29, 0.717) is 12.4 Å². The molecular formula is C11H14N4O2S. The molecule has 7 heteroatoms. The Labute approximate surface area is 108 Å². The zero-order valence-corrected chi connectivity index (χ0v) is 11.0. The Morgan fingerprint density at radius 2 is 2.33 bits per heavy atom. The number of amides is 1. The van der Waals surface area contributed by atoms with Gasteiger partial charge in [-0.2, -0.15) is 5.10 Å². The lowest BCUT2D eigenvalue weighted by molar-refractivity contribution is -0.116. The van der Waals surface area contributed by atoms with Crippen LogP contribution in [0.3, 0.4) is 0 Å². The molecule has 1 N–H and O–H groups in total. The molecule has 0 saturated carbocycles. The smallest absolute Gasteiger partial charge is 0.307 e. The quantitative estimate of drug-likeness (QED) is 0.897. The number of carbonyl (C=O) groups excluding carboxylic acids is 1. The van der Waals surface area contributed by atoms with Crippen LogP contribution in [-0.2, 0) is 18.4 Å². The summed E-state index contributed by atoms with van der Waals surface area (Å²) in [5.41, 5.74) is 0.885. The van der Waals surface area contributed by atoms with Crippen molar-refractivity contribution in [1.29, 1.82) is 0 Å². The first-order chi connectivity index (χ1) is 8.56. The first kappa shape index (κ1) is 12.6. The Balaban J connectivity index is 1.91. The van der Waals surface area contributed by atoms with E-state index in [-0.39, 0.29) is 17.2 Å². The molecule has 2 aromatic rings. The molecule has 0 aliphatic heterocycles. The molecule has 0 radical (unpaired) electrons. The van der Waals surface area contributed by atoms with E-state index in [2.05, 4.69) is 10.4 Å². The highest BCUT2D eigenvalue weighted by Gasteiger charge is 2.07. The first-order valence-electron chi connectivity index (χ1n) is 5.50. The summed E-state index contributed by atoms with van der Waals surface area (Å²) in [5.74, 6) is 0.378. The third-order valence-electron chi connectivity index (χ3n) is 2.52. The van der Waals surface area contributed by atoms with Crippen molar-refractivity contribution in [2.24, 2.45) is 7.05 Å². The minimum atomic E-state index is -0.147. The maximum Gasteiger partial charge on any atom is 0.307 e. The van der Waals surface area contributed by atoms with Crippen LogP contribution in [0.1, 0.15) is 12.1 Å². The van der Waals surface area contributed by atoms with E-state index in [1.807, 2.05) is 6.92 Å². The van der Waals surface area contributed by atoms with Crippen LogP contribution in [0.15, 0.2) is 22.4 Å². The molecule has 0 fully saturated rings. The van der Waals surface area contributed by atoms with Crippen molar-refractivity contribution in [3.63, 3.8) is 0 Å². The normalized spacial score (nSPS) is 10.6. The number of aromatic nitrogens is 3. The van der Waals surface area contributed by atoms with Gasteiger partial charge >= 0.3 is 4.87 Å². The lowest BCUT2D eigenvalue weighted by Gasteiger charge is -2.04. The van der Waals surface area contributed by atoms with Crippen LogP contribution in [0.5, 0.6) is 0 Å². The van der Waals surface area contributed by atoms with E-state index in [4.69, 9.17) is 0 Å². The summed E-state index contributed by atoms with van der Waals surface area (Å²) in [4.78, 5) is 23.1. The number of rotatable bonds is 4. The molecular weight excluding hydrogens is 252 g/mol. The lowest BCUT2D eigenvalue weighted by atomic mass is 10.3. The summed E-state index contributed by atoms with van der Waals surface area (Å²) in [5, 5.41) is 8.52. The van der Waals surface area contributed by atoms with Crippen molar-refractivity contribution in [2.75, 3.05) is 5.32 Å². The molecule has 0 saturated heterocycles. The van der Waals surface area contributed by atoms with E-state index >= 15 is 0 Å². The van der Waals surface area contributed by atoms with Gasteiger partial charge in [-0.25, -0.2) is 0 Å². The average Bonchev–Trinajstić information content (AvgIpc) is 2.84. The summed E-state index contributed by atoms with van der Waals surface area (Å²) in [7, 11) is 1.78. The minimum absolute atomic E-state index is 0.0295. The predicted octanol–water partition coefficient (Wildman–Crippen LogP) is 0.981. The van der Waals surface area contributed by atoms with Crippen LogP contribution in [0, 0.1) is 6.92 Å². The Hall–Kier alpha value is -1.89. The second kappa shape index (κ2) is 5.18. The summed E-state index contributed by atoms with van der Waals surface area (Å²) in [6.07, 6.45) is 2.01. The molecule has 0 bridgehead atoms. The maximum absolute atomic E-state index is 11.7. The van der Waals surface area contributed by atoms with E-state index in [1.54, 1.807) is 33.9 Å². The van der Waals surface area contributed by atoms with Gasteiger partial charge in [-0.05, 0) is 6.92 Å². The van der Waals surface area contributed by atoms with Crippen LogP contribution in [-0.4, -0.2) is 20.3 Å². The molecule has 2 aromatic heterocycles. The van der Waals surface area contributed by atoms with Gasteiger partial charge in [0.1, 0.15) is 0 Å². The van der Waals surface area contributed by atoms with E-state index < -0.39 is 0 Å². The van der Waals surface area contributed by atoms with E-state index in [9.17, 15) is 9.59 Å². The van der Waals surface area contributed by atoms with Crippen LogP contribution >= 0.6 is 11.3 Å². The molecule has 6 nitrogen and oxygen atoms in total. The van der Waals surface area contributed by atoms with Gasteiger partial charge in [0.2, 0.25) is 5.91 Å². The van der Waals surface area contributed by atoms with Crippen LogP contribution in [0.4, 0.5) is 5.82 Å². The van der Waals surface area contributed by atoms with Crippen molar-refractivity contribution in [1.82, 2.24) is 14.3 Å². The van der Waals surface area contributed by atoms with E-state index in [0.717, 1.165) is 17.0 Å². The predicted molar refractivity (Wildman–Crippen MR) is 69.8 cm³/mol. The zero-order valence-electron chi connectivity index (χ0n) is 10.2. The highest BCUT2D eigenvalue weighted by Crippen LogP contribution is 2.04. The second-order valence-electron chi connectivity index (χ2n) is 3.97. The maximum atomic E-state index is 11.7. The molecule has 18 heavy (non-hydrogen) atoms. The number of thiazole rings is 1. The van der Waals surface area contributed by atoms with Gasteiger partial charge in [0.25, 0.3) is 0 Å². The first-order valence-corrected chi connectivity index (χ1v) is 6.38.